The fourth-order valence-corrected chi connectivity index (χ4v) is 5.18. The number of hydrogen-bond acceptors (Lipinski definition) is 6. The van der Waals surface area contributed by atoms with E-state index >= 15 is 0 Å². The molecule has 43 heavy (non-hydrogen) atoms. The molecule has 238 valence electrons. The van der Waals surface area contributed by atoms with Crippen molar-refractivity contribution >= 4 is 10.1 Å². The zero-order valence-electron chi connectivity index (χ0n) is 26.1. The Morgan fingerprint density at radius 1 is 0.628 bits per heavy atom. The van der Waals surface area contributed by atoms with Gasteiger partial charge in [0.1, 0.15) is 0 Å². The maximum atomic E-state index is 10.6. The lowest BCUT2D eigenvalue weighted by molar-refractivity contribution is 0.115. The molecule has 0 radical (unpaired) electrons. The van der Waals surface area contributed by atoms with Crippen molar-refractivity contribution in [3.63, 3.8) is 0 Å². The first-order valence-corrected chi connectivity index (χ1v) is 17.6. The number of aliphatic hydroxyl groups excluding tert-OH is 1. The van der Waals surface area contributed by atoms with E-state index < -0.39 is 10.1 Å². The Bertz CT molecular complexity index is 1140. The van der Waals surface area contributed by atoms with Gasteiger partial charge in [-0.25, -0.2) is 0 Å². The third-order valence-electron chi connectivity index (χ3n) is 7.03. The molecule has 7 heteroatoms. The lowest BCUT2D eigenvalue weighted by Gasteiger charge is -2.26. The van der Waals surface area contributed by atoms with Crippen LogP contribution in [-0.2, 0) is 38.3 Å². The molecule has 0 spiro atoms. The molecule has 3 aromatic rings. The van der Waals surface area contributed by atoms with E-state index in [1.807, 2.05) is 48.5 Å². The van der Waals surface area contributed by atoms with Gasteiger partial charge >= 0.3 is 0 Å². The Morgan fingerprint density at radius 2 is 1.07 bits per heavy atom. The van der Waals surface area contributed by atoms with Crippen LogP contribution in [0.25, 0.3) is 0 Å². The lowest BCUT2D eigenvalue weighted by atomic mass is 10.1. The van der Waals surface area contributed by atoms with Crippen LogP contribution in [0.5, 0.6) is 0 Å². The molecule has 0 amide bonds. The second kappa shape index (κ2) is 23.9. The molecule has 1 saturated heterocycles. The number of benzene rings is 3. The average molecular weight is 612 g/mol. The third kappa shape index (κ3) is 20.9. The lowest BCUT2D eigenvalue weighted by Crippen LogP contribution is -2.31. The summed E-state index contributed by atoms with van der Waals surface area (Å²) in [7, 11) is -3.28. The Balaban J connectivity index is 0.000000237. The van der Waals surface area contributed by atoms with Crippen LogP contribution in [0.15, 0.2) is 91.0 Å². The molecular formula is C36H53NO5S. The molecule has 0 atom stereocenters. The van der Waals surface area contributed by atoms with Crippen molar-refractivity contribution in [1.29, 1.82) is 0 Å². The van der Waals surface area contributed by atoms with E-state index in [0.717, 1.165) is 58.0 Å². The summed E-state index contributed by atoms with van der Waals surface area (Å²) in [6, 6.07) is 30.8. The summed E-state index contributed by atoms with van der Waals surface area (Å²) in [6.07, 6.45) is 12.1. The molecule has 1 heterocycles. The number of piperidine rings is 1. The van der Waals surface area contributed by atoms with Gasteiger partial charge in [-0.2, -0.15) is 8.42 Å². The van der Waals surface area contributed by atoms with Crippen molar-refractivity contribution in [2.45, 2.75) is 64.2 Å². The molecule has 0 aromatic heterocycles. The summed E-state index contributed by atoms with van der Waals surface area (Å²) in [5.74, 6) is 0. The second-order valence-electron chi connectivity index (χ2n) is 10.9. The van der Waals surface area contributed by atoms with Crippen molar-refractivity contribution in [3.05, 3.63) is 108 Å². The smallest absolute Gasteiger partial charge is 0.264 e. The largest absolute Gasteiger partial charge is 0.396 e. The first kappa shape index (κ1) is 36.6. The highest BCUT2D eigenvalue weighted by molar-refractivity contribution is 7.85. The van der Waals surface area contributed by atoms with Crippen molar-refractivity contribution < 1.29 is 22.4 Å². The predicted molar refractivity (Wildman–Crippen MR) is 178 cm³/mol. The summed E-state index contributed by atoms with van der Waals surface area (Å²) < 4.78 is 31.6. The van der Waals surface area contributed by atoms with Crippen LogP contribution in [0, 0.1) is 0 Å². The highest BCUT2D eigenvalue weighted by atomic mass is 32.2. The number of ether oxygens (including phenoxy) is 1. The molecule has 1 fully saturated rings. The standard InChI is InChI=1S/C17H27NO.C10H14O3S.C9H12O/c1-3-9-17(10-4-1)11-7-15-19-16-8-14-18-12-5-2-6-13-18;1-14(11,12)13-9-5-8-10-6-3-2-4-7-10;10-8-4-7-9-5-2-1-3-6-9/h1,3-4,9-10H,2,5-8,11-16H2;2-4,6-7H,5,8-9H2,1H3;1-3,5-6,10H,4,7-8H2. The van der Waals surface area contributed by atoms with E-state index in [1.54, 1.807) is 0 Å². The number of nitrogens with zero attached hydrogens (tertiary/aromatic N) is 1. The van der Waals surface area contributed by atoms with Crippen LogP contribution < -0.4 is 0 Å². The molecule has 1 N–H and O–H groups in total. The molecule has 0 bridgehead atoms. The third-order valence-corrected chi connectivity index (χ3v) is 7.62. The molecule has 1 aliphatic heterocycles. The minimum absolute atomic E-state index is 0.258. The molecular weight excluding hydrogens is 558 g/mol. The normalized spacial score (nSPS) is 13.3. The van der Waals surface area contributed by atoms with Crippen LogP contribution in [-0.4, -0.2) is 70.7 Å². The summed E-state index contributed by atoms with van der Waals surface area (Å²) in [5, 5.41) is 8.53. The van der Waals surface area contributed by atoms with Gasteiger partial charge in [-0.05, 0) is 87.6 Å². The van der Waals surface area contributed by atoms with Crippen molar-refractivity contribution in [2.24, 2.45) is 0 Å². The van der Waals surface area contributed by atoms with Gasteiger partial charge < -0.3 is 14.7 Å². The van der Waals surface area contributed by atoms with E-state index in [0.29, 0.717) is 0 Å². The minimum Gasteiger partial charge on any atom is -0.396 e. The van der Waals surface area contributed by atoms with Gasteiger partial charge in [0.05, 0.1) is 12.9 Å². The first-order valence-electron chi connectivity index (χ1n) is 15.8. The molecule has 4 rings (SSSR count). The zero-order valence-corrected chi connectivity index (χ0v) is 26.9. The van der Waals surface area contributed by atoms with Crippen LogP contribution >= 0.6 is 0 Å². The number of rotatable bonds is 16. The van der Waals surface area contributed by atoms with Crippen LogP contribution in [0.3, 0.4) is 0 Å². The van der Waals surface area contributed by atoms with E-state index in [2.05, 4.69) is 51.5 Å². The molecule has 0 saturated carbocycles. The van der Waals surface area contributed by atoms with Gasteiger partial charge in [-0.15, -0.1) is 0 Å². The van der Waals surface area contributed by atoms with Gasteiger partial charge in [0.25, 0.3) is 10.1 Å². The monoisotopic (exact) mass is 611 g/mol. The van der Waals surface area contributed by atoms with Gasteiger partial charge in [-0.1, -0.05) is 97.4 Å². The predicted octanol–water partition coefficient (Wildman–Crippen LogP) is 6.72. The maximum Gasteiger partial charge on any atom is 0.264 e. The molecule has 0 unspecified atom stereocenters. The Kier molecular flexibility index (Phi) is 20.3. The molecule has 3 aromatic carbocycles. The molecule has 1 aliphatic rings. The number of aliphatic hydroxyl groups is 1. The quantitative estimate of drug-likeness (QED) is 0.143. The van der Waals surface area contributed by atoms with E-state index in [4.69, 9.17) is 9.84 Å². The van der Waals surface area contributed by atoms with Gasteiger partial charge in [0.2, 0.25) is 0 Å². The van der Waals surface area contributed by atoms with E-state index in [1.165, 1.54) is 62.0 Å². The maximum absolute atomic E-state index is 10.6. The fourth-order valence-electron chi connectivity index (χ4n) is 4.76. The van der Waals surface area contributed by atoms with Crippen LogP contribution in [0.4, 0.5) is 0 Å². The number of aryl methyl sites for hydroxylation is 3. The van der Waals surface area contributed by atoms with Crippen molar-refractivity contribution in [3.8, 4) is 0 Å². The summed E-state index contributed by atoms with van der Waals surface area (Å²) in [4.78, 5) is 2.58. The minimum atomic E-state index is -3.28. The highest BCUT2D eigenvalue weighted by Crippen LogP contribution is 2.09. The van der Waals surface area contributed by atoms with Gasteiger partial charge in [-0.3, -0.25) is 4.18 Å². The van der Waals surface area contributed by atoms with E-state index in [-0.39, 0.29) is 13.2 Å². The topological polar surface area (TPSA) is 76.1 Å². The Morgan fingerprint density at radius 3 is 1.53 bits per heavy atom. The average Bonchev–Trinajstić information content (AvgIpc) is 3.04. The summed E-state index contributed by atoms with van der Waals surface area (Å²) in [5.41, 5.74) is 3.92. The van der Waals surface area contributed by atoms with Crippen LogP contribution in [0.1, 0.15) is 61.6 Å². The second-order valence-corrected chi connectivity index (χ2v) is 12.5. The highest BCUT2D eigenvalue weighted by Gasteiger charge is 2.08. The van der Waals surface area contributed by atoms with Crippen molar-refractivity contribution in [1.82, 2.24) is 4.90 Å². The summed E-state index contributed by atoms with van der Waals surface area (Å²) >= 11 is 0. The van der Waals surface area contributed by atoms with Crippen molar-refractivity contribution in [2.75, 3.05) is 52.3 Å². The van der Waals surface area contributed by atoms with E-state index in [9.17, 15) is 8.42 Å². The van der Waals surface area contributed by atoms with Gasteiger partial charge in [0.15, 0.2) is 0 Å². The fraction of sp³-hybridized carbons (Fsp3) is 0.500. The van der Waals surface area contributed by atoms with Crippen LogP contribution in [0.2, 0.25) is 0 Å². The number of likely N-dealkylation sites (tertiary alicyclic amines) is 1. The molecule has 6 nitrogen and oxygen atoms in total. The Labute approximate surface area is 261 Å². The molecule has 0 aliphatic carbocycles. The number of hydrogen-bond donors (Lipinski definition) is 1. The SMILES string of the molecule is CS(=O)(=O)OCCCc1ccccc1.OCCCc1ccccc1.c1ccc(CCCOCCCN2CCCCC2)cc1. The summed E-state index contributed by atoms with van der Waals surface area (Å²) in [6.45, 7) is 6.18. The zero-order chi connectivity index (χ0) is 30.9. The first-order chi connectivity index (χ1) is 21.0. The Hall–Kier alpha value is -2.55. The van der Waals surface area contributed by atoms with Gasteiger partial charge in [0, 0.05) is 26.4 Å².